The van der Waals surface area contributed by atoms with E-state index in [1.54, 1.807) is 0 Å². The first-order chi connectivity index (χ1) is 26.3. The molecule has 9 aromatic carbocycles. The summed E-state index contributed by atoms with van der Waals surface area (Å²) in [7, 11) is 0. The molecule has 0 saturated carbocycles. The van der Waals surface area contributed by atoms with Crippen molar-refractivity contribution >= 4 is 96.7 Å². The molecule has 0 aliphatic rings. The summed E-state index contributed by atoms with van der Waals surface area (Å²) in [6.07, 6.45) is 0. The second-order valence-corrected chi connectivity index (χ2v) is 15.2. The van der Waals surface area contributed by atoms with Crippen molar-refractivity contribution < 1.29 is 0 Å². The van der Waals surface area contributed by atoms with Gasteiger partial charge in [0.1, 0.15) is 0 Å². The van der Waals surface area contributed by atoms with Crippen LogP contribution in [0.3, 0.4) is 0 Å². The lowest BCUT2D eigenvalue weighted by molar-refractivity contribution is 1.19. The van der Waals surface area contributed by atoms with Crippen LogP contribution in [0, 0.1) is 0 Å². The number of aromatic nitrogens is 2. The quantitative estimate of drug-likeness (QED) is 0.175. The molecule has 0 aliphatic heterocycles. The van der Waals surface area contributed by atoms with Crippen LogP contribution in [0.15, 0.2) is 182 Å². The third kappa shape index (κ3) is 4.14. The largest absolute Gasteiger partial charge is 0.309 e. The number of para-hydroxylation sites is 1. The van der Waals surface area contributed by atoms with Crippen molar-refractivity contribution in [2.24, 2.45) is 0 Å². The van der Waals surface area contributed by atoms with Gasteiger partial charge in [-0.05, 0) is 87.9 Å². The van der Waals surface area contributed by atoms with Gasteiger partial charge in [-0.1, -0.05) is 121 Å². The first-order valence-corrected chi connectivity index (χ1v) is 19.0. The minimum absolute atomic E-state index is 1.18. The van der Waals surface area contributed by atoms with E-state index in [0.717, 1.165) is 0 Å². The Kier molecular flexibility index (Phi) is 5.96. The van der Waals surface area contributed by atoms with Crippen LogP contribution >= 0.6 is 11.3 Å². The van der Waals surface area contributed by atoms with Gasteiger partial charge in [0.25, 0.3) is 0 Å². The van der Waals surface area contributed by atoms with Gasteiger partial charge >= 0.3 is 0 Å². The van der Waals surface area contributed by atoms with Crippen LogP contribution in [0.4, 0.5) is 0 Å². The third-order valence-electron chi connectivity index (χ3n) is 11.3. The van der Waals surface area contributed by atoms with Gasteiger partial charge in [0.05, 0.1) is 27.8 Å². The predicted molar refractivity (Wildman–Crippen MR) is 228 cm³/mol. The zero-order valence-corrected chi connectivity index (χ0v) is 29.4. The van der Waals surface area contributed by atoms with Crippen molar-refractivity contribution in [3.63, 3.8) is 0 Å². The summed E-state index contributed by atoms with van der Waals surface area (Å²) < 4.78 is 7.58. The van der Waals surface area contributed by atoms with Crippen molar-refractivity contribution in [1.82, 2.24) is 9.13 Å². The van der Waals surface area contributed by atoms with Crippen molar-refractivity contribution in [2.45, 2.75) is 0 Å². The Morgan fingerprint density at radius 3 is 1.83 bits per heavy atom. The predicted octanol–water partition coefficient (Wildman–Crippen LogP) is 14.2. The summed E-state index contributed by atoms with van der Waals surface area (Å²) in [6.45, 7) is 0. The van der Waals surface area contributed by atoms with E-state index in [1.165, 1.54) is 108 Å². The van der Waals surface area contributed by atoms with Gasteiger partial charge in [-0.25, -0.2) is 0 Å². The number of benzene rings is 9. The Balaban J connectivity index is 1.12. The molecule has 0 fully saturated rings. The number of rotatable bonds is 3. The Morgan fingerprint density at radius 1 is 0.340 bits per heavy atom. The zero-order chi connectivity index (χ0) is 34.6. The zero-order valence-electron chi connectivity index (χ0n) is 28.6. The Labute approximate surface area is 309 Å². The maximum absolute atomic E-state index is 2.53. The Hall–Kier alpha value is -6.68. The standard InChI is InChI=1S/C50H30N2S/c1-2-12-33-28-36(23-20-31(33)10-1)51-44-17-7-5-15-38(44)41-29-34(21-25-45(41)51)35-22-26-46-42(30-35)39-24-27-48-49(40-16-6-8-19-47(40)53-48)50(39)52(46)43-18-9-13-32-11-3-4-14-37(32)43/h1-30H. The van der Waals surface area contributed by atoms with Crippen LogP contribution in [0.5, 0.6) is 0 Å². The van der Waals surface area contributed by atoms with Crippen LogP contribution in [0.25, 0.3) is 108 Å². The van der Waals surface area contributed by atoms with E-state index in [4.69, 9.17) is 0 Å². The normalized spacial score (nSPS) is 12.2. The van der Waals surface area contributed by atoms with Crippen LogP contribution in [-0.4, -0.2) is 9.13 Å². The molecule has 0 unspecified atom stereocenters. The number of hydrogen-bond acceptors (Lipinski definition) is 1. The highest BCUT2D eigenvalue weighted by molar-refractivity contribution is 7.26. The minimum Gasteiger partial charge on any atom is -0.309 e. The average Bonchev–Trinajstić information content (AvgIpc) is 3.87. The number of hydrogen-bond donors (Lipinski definition) is 0. The molecule has 12 rings (SSSR count). The topological polar surface area (TPSA) is 9.86 Å². The van der Waals surface area contributed by atoms with Gasteiger partial charge in [0, 0.05) is 52.8 Å². The van der Waals surface area contributed by atoms with E-state index in [2.05, 4.69) is 191 Å². The van der Waals surface area contributed by atoms with Gasteiger partial charge < -0.3 is 9.13 Å². The molecule has 0 amide bonds. The van der Waals surface area contributed by atoms with E-state index < -0.39 is 0 Å². The fraction of sp³-hybridized carbons (Fsp3) is 0. The summed E-state index contributed by atoms with van der Waals surface area (Å²) in [5.74, 6) is 0. The molecule has 0 radical (unpaired) electrons. The lowest BCUT2D eigenvalue weighted by atomic mass is 10.00. The molecule has 246 valence electrons. The highest BCUT2D eigenvalue weighted by atomic mass is 32.1. The maximum Gasteiger partial charge on any atom is 0.0634 e. The highest BCUT2D eigenvalue weighted by Gasteiger charge is 2.20. The molecule has 0 spiro atoms. The number of fused-ring (bicyclic) bond motifs is 12. The summed E-state index contributed by atoms with van der Waals surface area (Å²) in [4.78, 5) is 0. The summed E-state index contributed by atoms with van der Waals surface area (Å²) in [5.41, 5.74) is 9.75. The first-order valence-electron chi connectivity index (χ1n) is 18.2. The molecule has 12 aromatic rings. The van der Waals surface area contributed by atoms with Crippen LogP contribution in [-0.2, 0) is 0 Å². The van der Waals surface area contributed by atoms with E-state index in [0.29, 0.717) is 0 Å². The molecule has 3 heterocycles. The molecule has 3 aromatic heterocycles. The van der Waals surface area contributed by atoms with Gasteiger partial charge in [-0.3, -0.25) is 0 Å². The summed E-state index contributed by atoms with van der Waals surface area (Å²) in [5, 5.41) is 12.7. The van der Waals surface area contributed by atoms with Crippen molar-refractivity contribution in [3.8, 4) is 22.5 Å². The molecular formula is C50H30N2S. The Bertz CT molecular complexity index is 3460. The van der Waals surface area contributed by atoms with Crippen molar-refractivity contribution in [3.05, 3.63) is 182 Å². The SMILES string of the molecule is c1ccc2cc(-n3c4ccccc4c4cc(-c5ccc6c(c5)c5ccc7sc8ccccc8c7c5n6-c5cccc6ccccc56)ccc43)ccc2c1. The van der Waals surface area contributed by atoms with Crippen LogP contribution in [0.2, 0.25) is 0 Å². The average molecular weight is 691 g/mol. The fourth-order valence-corrected chi connectivity index (χ4v) is 10.0. The van der Waals surface area contributed by atoms with Gasteiger partial charge in [0.2, 0.25) is 0 Å². The highest BCUT2D eigenvalue weighted by Crippen LogP contribution is 2.45. The molecule has 0 saturated heterocycles. The molecule has 0 aliphatic carbocycles. The fourth-order valence-electron chi connectivity index (χ4n) is 8.89. The van der Waals surface area contributed by atoms with Gasteiger partial charge in [-0.2, -0.15) is 0 Å². The smallest absolute Gasteiger partial charge is 0.0634 e. The van der Waals surface area contributed by atoms with E-state index >= 15 is 0 Å². The van der Waals surface area contributed by atoms with Gasteiger partial charge in [-0.15, -0.1) is 11.3 Å². The molecule has 0 N–H and O–H groups in total. The Morgan fingerprint density at radius 2 is 0.981 bits per heavy atom. The summed E-state index contributed by atoms with van der Waals surface area (Å²) in [6, 6.07) is 67.2. The lowest BCUT2D eigenvalue weighted by Gasteiger charge is -2.13. The molecule has 3 heteroatoms. The number of nitrogens with zero attached hydrogens (tertiary/aromatic N) is 2. The monoisotopic (exact) mass is 690 g/mol. The molecule has 2 nitrogen and oxygen atoms in total. The molecule has 53 heavy (non-hydrogen) atoms. The molecular weight excluding hydrogens is 661 g/mol. The molecule has 0 atom stereocenters. The van der Waals surface area contributed by atoms with E-state index in [-0.39, 0.29) is 0 Å². The van der Waals surface area contributed by atoms with Crippen molar-refractivity contribution in [2.75, 3.05) is 0 Å². The number of thiophene rings is 1. The third-order valence-corrected chi connectivity index (χ3v) is 12.4. The second kappa shape index (κ2) is 10.9. The second-order valence-electron chi connectivity index (χ2n) is 14.1. The van der Waals surface area contributed by atoms with Crippen molar-refractivity contribution in [1.29, 1.82) is 0 Å². The summed E-state index contributed by atoms with van der Waals surface area (Å²) >= 11 is 1.88. The minimum atomic E-state index is 1.18. The lowest BCUT2D eigenvalue weighted by Crippen LogP contribution is -1.95. The van der Waals surface area contributed by atoms with E-state index in [9.17, 15) is 0 Å². The van der Waals surface area contributed by atoms with Crippen LogP contribution < -0.4 is 0 Å². The van der Waals surface area contributed by atoms with Crippen LogP contribution in [0.1, 0.15) is 0 Å². The van der Waals surface area contributed by atoms with Gasteiger partial charge in [0.15, 0.2) is 0 Å². The van der Waals surface area contributed by atoms with E-state index in [1.807, 2.05) is 11.3 Å². The first kappa shape index (κ1) is 29.0. The maximum atomic E-state index is 2.53. The molecule has 0 bridgehead atoms.